The molecule has 206 valence electrons. The molecule has 39 heavy (non-hydrogen) atoms. The molecule has 0 radical (unpaired) electrons. The Hall–Kier alpha value is -3.60. The highest BCUT2D eigenvalue weighted by Crippen LogP contribution is 2.37. The number of ether oxygens (including phenoxy) is 1. The Bertz CT molecular complexity index is 1620. The summed E-state index contributed by atoms with van der Waals surface area (Å²) in [6, 6.07) is 5.30. The zero-order chi connectivity index (χ0) is 28.6. The molecule has 0 amide bonds. The number of aromatic nitrogens is 3. The average Bonchev–Trinajstić information content (AvgIpc) is 2.87. The van der Waals surface area contributed by atoms with Crippen LogP contribution in [0.15, 0.2) is 56.2 Å². The quantitative estimate of drug-likeness (QED) is 0.245. The van der Waals surface area contributed by atoms with Crippen LogP contribution in [0, 0.1) is 11.7 Å². The number of phenols is 1. The molecule has 1 aliphatic rings. The first kappa shape index (κ1) is 28.4. The minimum absolute atomic E-state index is 0.0151. The lowest BCUT2D eigenvalue weighted by atomic mass is 9.96. The van der Waals surface area contributed by atoms with Gasteiger partial charge < -0.3 is 15.2 Å². The van der Waals surface area contributed by atoms with Gasteiger partial charge in [0.1, 0.15) is 17.2 Å². The van der Waals surface area contributed by atoms with E-state index in [9.17, 15) is 19.1 Å². The van der Waals surface area contributed by atoms with Crippen LogP contribution >= 0.6 is 11.6 Å². The number of phenolic OH excluding ortho intramolecular Hbond substituents is 1. The Kier molecular flexibility index (Phi) is 7.92. The van der Waals surface area contributed by atoms with Crippen molar-refractivity contribution < 1.29 is 14.2 Å². The molecule has 4 rings (SSSR count). The molecule has 3 aromatic rings. The van der Waals surface area contributed by atoms with Crippen LogP contribution in [0.5, 0.6) is 5.75 Å². The van der Waals surface area contributed by atoms with Crippen LogP contribution in [0.2, 0.25) is 5.02 Å². The topological polar surface area (TPSA) is 111 Å². The number of methoxy groups -OCH3 is 1. The molecule has 0 saturated carbocycles. The molecule has 9 nitrogen and oxygen atoms in total. The molecular weight excluding hydrogens is 525 g/mol. The zero-order valence-corrected chi connectivity index (χ0v) is 23.3. The molecule has 3 heterocycles. The number of halogens is 2. The lowest BCUT2D eigenvalue weighted by Crippen LogP contribution is -2.64. The first-order chi connectivity index (χ1) is 18.5. The van der Waals surface area contributed by atoms with Crippen molar-refractivity contribution in [3.8, 4) is 17.0 Å². The summed E-state index contributed by atoms with van der Waals surface area (Å²) in [5.74, 6) is -1.29. The SMILES string of the molecule is C=N/C(=C(\C(C)=C/C)n1c(=O)c(=O)n(CC2(OC)CNC2)c2cc(Cl)c(-c3c(O)cccc3F)nc21)C(C)C. The Labute approximate surface area is 229 Å². The smallest absolute Gasteiger partial charge is 0.322 e. The standard InChI is InChI=1S/C28H31ClFN5O4/c1-7-16(4)24(22(31-5)15(2)3)35-25-19(34(26(37)27(35)38)14-28(39-6)12-32-13-28)11-17(29)23(33-25)21-18(30)9-8-10-20(21)36/h7-11,15,32,36H,5,12-14H2,1-4,6H3/b16-7-,24-22+. The maximum atomic E-state index is 14.9. The maximum Gasteiger partial charge on any atom is 0.322 e. The van der Waals surface area contributed by atoms with E-state index in [0.29, 0.717) is 30.1 Å². The van der Waals surface area contributed by atoms with E-state index in [4.69, 9.17) is 16.3 Å². The molecule has 1 aromatic carbocycles. The molecule has 0 aliphatic carbocycles. The summed E-state index contributed by atoms with van der Waals surface area (Å²) in [7, 11) is 1.54. The number of nitrogens with zero attached hydrogens (tertiary/aromatic N) is 4. The molecule has 1 aliphatic heterocycles. The number of rotatable bonds is 8. The highest BCUT2D eigenvalue weighted by atomic mass is 35.5. The Morgan fingerprint density at radius 2 is 2.05 bits per heavy atom. The van der Waals surface area contributed by atoms with E-state index in [1.165, 1.54) is 33.4 Å². The normalized spacial score (nSPS) is 15.8. The van der Waals surface area contributed by atoms with Gasteiger partial charge in [-0.1, -0.05) is 37.6 Å². The van der Waals surface area contributed by atoms with Crippen molar-refractivity contribution in [3.63, 3.8) is 0 Å². The Balaban J connectivity index is 2.23. The first-order valence-electron chi connectivity index (χ1n) is 12.4. The van der Waals surface area contributed by atoms with Gasteiger partial charge in [0.25, 0.3) is 0 Å². The number of fused-ring (bicyclic) bond motifs is 1. The number of nitrogens with one attached hydrogen (secondary N) is 1. The second-order valence-electron chi connectivity index (χ2n) is 9.84. The van der Waals surface area contributed by atoms with Crippen LogP contribution in [-0.4, -0.2) is 51.7 Å². The van der Waals surface area contributed by atoms with Crippen molar-refractivity contribution in [1.82, 2.24) is 19.4 Å². The van der Waals surface area contributed by atoms with Gasteiger partial charge in [-0.15, -0.1) is 0 Å². The fourth-order valence-electron chi connectivity index (χ4n) is 4.71. The molecule has 1 saturated heterocycles. The minimum Gasteiger partial charge on any atom is -0.507 e. The van der Waals surface area contributed by atoms with Crippen molar-refractivity contribution >= 4 is 35.2 Å². The van der Waals surface area contributed by atoms with Gasteiger partial charge >= 0.3 is 11.1 Å². The lowest BCUT2D eigenvalue weighted by molar-refractivity contribution is -0.0631. The summed E-state index contributed by atoms with van der Waals surface area (Å²) in [6.07, 6.45) is 1.78. The molecule has 11 heteroatoms. The summed E-state index contributed by atoms with van der Waals surface area (Å²) in [5, 5.41) is 13.6. The third kappa shape index (κ3) is 4.84. The van der Waals surface area contributed by atoms with E-state index in [1.807, 2.05) is 13.8 Å². The largest absolute Gasteiger partial charge is 0.507 e. The van der Waals surface area contributed by atoms with Gasteiger partial charge in [0.2, 0.25) is 0 Å². The van der Waals surface area contributed by atoms with Gasteiger partial charge in [0.05, 0.1) is 39.7 Å². The van der Waals surface area contributed by atoms with Crippen molar-refractivity contribution in [2.75, 3.05) is 20.2 Å². The van der Waals surface area contributed by atoms with Gasteiger partial charge in [0.15, 0.2) is 5.65 Å². The minimum atomic E-state index is -0.877. The maximum absolute atomic E-state index is 14.9. The molecule has 2 N–H and O–H groups in total. The molecule has 0 unspecified atom stereocenters. The highest BCUT2D eigenvalue weighted by molar-refractivity contribution is 6.33. The van der Waals surface area contributed by atoms with E-state index in [-0.39, 0.29) is 45.7 Å². The van der Waals surface area contributed by atoms with E-state index in [2.05, 4.69) is 22.0 Å². The number of pyridine rings is 1. The fraction of sp³-hybridized carbons (Fsp3) is 0.357. The molecule has 0 bridgehead atoms. The third-order valence-electron chi connectivity index (χ3n) is 7.06. The van der Waals surface area contributed by atoms with Crippen molar-refractivity contribution in [1.29, 1.82) is 0 Å². The van der Waals surface area contributed by atoms with Crippen LogP contribution in [0.3, 0.4) is 0 Å². The molecular formula is C28H31ClFN5O4. The molecule has 1 fully saturated rings. The van der Waals surface area contributed by atoms with E-state index >= 15 is 0 Å². The average molecular weight is 556 g/mol. The van der Waals surface area contributed by atoms with Crippen molar-refractivity contribution in [2.45, 2.75) is 39.8 Å². The van der Waals surface area contributed by atoms with Gasteiger partial charge in [-0.2, -0.15) is 0 Å². The summed E-state index contributed by atoms with van der Waals surface area (Å²) in [6.45, 7) is 12.1. The second kappa shape index (κ2) is 10.9. The summed E-state index contributed by atoms with van der Waals surface area (Å²) in [5.41, 5.74) is -0.974. The number of hydrogen-bond acceptors (Lipinski definition) is 7. The van der Waals surface area contributed by atoms with Crippen LogP contribution in [-0.2, 0) is 11.3 Å². The number of hydrogen-bond donors (Lipinski definition) is 2. The predicted molar refractivity (Wildman–Crippen MR) is 152 cm³/mol. The van der Waals surface area contributed by atoms with Gasteiger partial charge in [0, 0.05) is 20.2 Å². The van der Waals surface area contributed by atoms with Gasteiger partial charge in [-0.05, 0) is 50.3 Å². The predicted octanol–water partition coefficient (Wildman–Crippen LogP) is 4.20. The monoisotopic (exact) mass is 555 g/mol. The van der Waals surface area contributed by atoms with E-state index in [1.54, 1.807) is 27.0 Å². The number of aliphatic imine (C=N–C) groups is 1. The van der Waals surface area contributed by atoms with Gasteiger partial charge in [-0.25, -0.2) is 9.37 Å². The van der Waals surface area contributed by atoms with Crippen LogP contribution in [0.25, 0.3) is 28.1 Å². The summed E-state index contributed by atoms with van der Waals surface area (Å²) in [4.78, 5) is 36.4. The van der Waals surface area contributed by atoms with Crippen LogP contribution < -0.4 is 16.4 Å². The van der Waals surface area contributed by atoms with E-state index < -0.39 is 22.5 Å². The lowest BCUT2D eigenvalue weighted by Gasteiger charge is -2.41. The molecule has 0 spiro atoms. The van der Waals surface area contributed by atoms with Crippen molar-refractivity contribution in [3.05, 3.63) is 73.2 Å². The van der Waals surface area contributed by atoms with Gasteiger partial charge in [-0.3, -0.25) is 23.7 Å². The second-order valence-corrected chi connectivity index (χ2v) is 10.2. The van der Waals surface area contributed by atoms with Crippen LogP contribution in [0.4, 0.5) is 4.39 Å². The summed E-state index contributed by atoms with van der Waals surface area (Å²) >= 11 is 6.62. The van der Waals surface area contributed by atoms with E-state index in [0.717, 1.165) is 0 Å². The van der Waals surface area contributed by atoms with Crippen molar-refractivity contribution in [2.24, 2.45) is 10.9 Å². The number of allylic oxidation sites excluding steroid dienone is 4. The molecule has 2 aromatic heterocycles. The Morgan fingerprint density at radius 1 is 1.36 bits per heavy atom. The number of benzene rings is 1. The summed E-state index contributed by atoms with van der Waals surface area (Å²) < 4.78 is 23.1. The van der Waals surface area contributed by atoms with Crippen LogP contribution in [0.1, 0.15) is 27.7 Å². The third-order valence-corrected chi connectivity index (χ3v) is 7.35. The number of aromatic hydroxyl groups is 1. The molecule has 0 atom stereocenters. The first-order valence-corrected chi connectivity index (χ1v) is 12.8. The highest BCUT2D eigenvalue weighted by Gasteiger charge is 2.39. The zero-order valence-electron chi connectivity index (χ0n) is 22.5. The Morgan fingerprint density at radius 3 is 2.56 bits per heavy atom. The fourth-order valence-corrected chi connectivity index (χ4v) is 4.95.